The number of piperidine rings is 1. The molecule has 6 nitrogen and oxygen atoms in total. The summed E-state index contributed by atoms with van der Waals surface area (Å²) in [6.45, 7) is 5.16. The van der Waals surface area contributed by atoms with Gasteiger partial charge in [0.1, 0.15) is 5.54 Å². The van der Waals surface area contributed by atoms with Gasteiger partial charge in [-0.25, -0.2) is 4.79 Å². The Bertz CT molecular complexity index is 405. The molecule has 0 spiro atoms. The van der Waals surface area contributed by atoms with Gasteiger partial charge < -0.3 is 20.9 Å². The van der Waals surface area contributed by atoms with E-state index in [1.807, 2.05) is 18.9 Å². The van der Waals surface area contributed by atoms with E-state index in [4.69, 9.17) is 0 Å². The number of urea groups is 1. The largest absolute Gasteiger partial charge is 0.341 e. The maximum Gasteiger partial charge on any atom is 0.315 e. The van der Waals surface area contributed by atoms with Crippen molar-refractivity contribution in [3.63, 3.8) is 0 Å². The molecule has 1 heterocycles. The Hall–Kier alpha value is -1.01. The van der Waals surface area contributed by atoms with E-state index < -0.39 is 5.54 Å². The van der Waals surface area contributed by atoms with Crippen LogP contribution in [0.5, 0.6) is 0 Å². The van der Waals surface area contributed by atoms with E-state index >= 15 is 0 Å². The van der Waals surface area contributed by atoms with Crippen LogP contribution in [0.1, 0.15) is 51.9 Å². The summed E-state index contributed by atoms with van der Waals surface area (Å²) in [5.41, 5.74) is -0.670. The summed E-state index contributed by atoms with van der Waals surface area (Å²) < 4.78 is 0. The Morgan fingerprint density at radius 2 is 1.79 bits per heavy atom. The standard InChI is InChI=1S/C17H32N4O2.ClH/c1-3-19-16(23)20-17(9-4-5-10-17)15(22)21-12-7-14(8-13-21)6-11-18-2;/h14,18H,3-13H2,1-2H3,(H2,19,20,23);1H. The number of carbonyl (C=O) groups is 2. The van der Waals surface area contributed by atoms with Gasteiger partial charge in [0.2, 0.25) is 5.91 Å². The zero-order chi connectivity index (χ0) is 16.7. The second kappa shape index (κ2) is 10.1. The van der Waals surface area contributed by atoms with E-state index in [1.54, 1.807) is 0 Å². The van der Waals surface area contributed by atoms with E-state index in [9.17, 15) is 9.59 Å². The molecule has 3 N–H and O–H groups in total. The molecule has 24 heavy (non-hydrogen) atoms. The molecular formula is C17H33ClN4O2. The molecule has 0 bridgehead atoms. The number of nitrogens with zero attached hydrogens (tertiary/aromatic N) is 1. The monoisotopic (exact) mass is 360 g/mol. The normalized spacial score (nSPS) is 20.3. The van der Waals surface area contributed by atoms with E-state index in [0.29, 0.717) is 12.5 Å². The maximum atomic E-state index is 13.1. The predicted molar refractivity (Wildman–Crippen MR) is 98.5 cm³/mol. The lowest BCUT2D eigenvalue weighted by molar-refractivity contribution is -0.139. The van der Waals surface area contributed by atoms with Crippen LogP contribution in [0.2, 0.25) is 0 Å². The van der Waals surface area contributed by atoms with E-state index in [0.717, 1.165) is 58.2 Å². The summed E-state index contributed by atoms with van der Waals surface area (Å²) in [5.74, 6) is 0.843. The van der Waals surface area contributed by atoms with Gasteiger partial charge in [0.05, 0.1) is 0 Å². The minimum atomic E-state index is -0.670. The van der Waals surface area contributed by atoms with Crippen molar-refractivity contribution in [3.05, 3.63) is 0 Å². The molecule has 140 valence electrons. The number of carbonyl (C=O) groups excluding carboxylic acids is 2. The highest BCUT2D eigenvalue weighted by Gasteiger charge is 2.45. The summed E-state index contributed by atoms with van der Waals surface area (Å²) in [6, 6.07) is -0.216. The molecule has 1 aliphatic heterocycles. The third kappa shape index (κ3) is 5.24. The van der Waals surface area contributed by atoms with Crippen LogP contribution in [0.15, 0.2) is 0 Å². The van der Waals surface area contributed by atoms with Gasteiger partial charge in [-0.3, -0.25) is 4.79 Å². The van der Waals surface area contributed by atoms with Crippen LogP contribution in [0.3, 0.4) is 0 Å². The average molecular weight is 361 g/mol. The fourth-order valence-electron chi connectivity index (χ4n) is 3.87. The Balaban J connectivity index is 0.00000288. The number of likely N-dealkylation sites (tertiary alicyclic amines) is 1. The SMILES string of the molecule is CCNC(=O)NC1(C(=O)N2CCC(CCNC)CC2)CCCC1.Cl. The van der Waals surface area contributed by atoms with Gasteiger partial charge in [-0.2, -0.15) is 0 Å². The molecule has 0 unspecified atom stereocenters. The van der Waals surface area contributed by atoms with Crippen molar-refractivity contribution < 1.29 is 9.59 Å². The van der Waals surface area contributed by atoms with Gasteiger partial charge >= 0.3 is 6.03 Å². The smallest absolute Gasteiger partial charge is 0.315 e. The Labute approximate surface area is 151 Å². The lowest BCUT2D eigenvalue weighted by Gasteiger charge is -2.39. The van der Waals surface area contributed by atoms with Crippen molar-refractivity contribution in [2.45, 2.75) is 57.4 Å². The number of halogens is 1. The van der Waals surface area contributed by atoms with Crippen molar-refractivity contribution in [1.29, 1.82) is 0 Å². The van der Waals surface area contributed by atoms with Gasteiger partial charge in [-0.15, -0.1) is 12.4 Å². The van der Waals surface area contributed by atoms with E-state index in [1.165, 1.54) is 6.42 Å². The first-order valence-corrected chi connectivity index (χ1v) is 9.11. The quantitative estimate of drug-likeness (QED) is 0.677. The molecule has 0 aromatic heterocycles. The minimum Gasteiger partial charge on any atom is -0.341 e. The molecule has 1 saturated carbocycles. The van der Waals surface area contributed by atoms with Gasteiger partial charge in [-0.1, -0.05) is 12.8 Å². The molecule has 0 atom stereocenters. The molecule has 2 rings (SSSR count). The van der Waals surface area contributed by atoms with Crippen molar-refractivity contribution in [1.82, 2.24) is 20.9 Å². The first-order chi connectivity index (χ1) is 11.1. The lowest BCUT2D eigenvalue weighted by Crippen LogP contribution is -2.61. The Morgan fingerprint density at radius 3 is 2.33 bits per heavy atom. The number of hydrogen-bond donors (Lipinski definition) is 3. The Morgan fingerprint density at radius 1 is 1.17 bits per heavy atom. The molecule has 0 radical (unpaired) electrons. The summed E-state index contributed by atoms with van der Waals surface area (Å²) in [7, 11) is 1.98. The van der Waals surface area contributed by atoms with Crippen molar-refractivity contribution in [3.8, 4) is 0 Å². The molecule has 0 aromatic carbocycles. The highest BCUT2D eigenvalue weighted by Crippen LogP contribution is 2.33. The van der Waals surface area contributed by atoms with Gasteiger partial charge in [0.25, 0.3) is 0 Å². The minimum absolute atomic E-state index is 0. The van der Waals surface area contributed by atoms with Gasteiger partial charge in [0, 0.05) is 19.6 Å². The zero-order valence-electron chi connectivity index (χ0n) is 15.0. The molecular weight excluding hydrogens is 328 g/mol. The third-order valence-corrected chi connectivity index (χ3v) is 5.26. The summed E-state index contributed by atoms with van der Waals surface area (Å²) in [4.78, 5) is 27.0. The fourth-order valence-corrected chi connectivity index (χ4v) is 3.87. The molecule has 2 fully saturated rings. The van der Waals surface area contributed by atoms with E-state index in [2.05, 4.69) is 16.0 Å². The first-order valence-electron chi connectivity index (χ1n) is 9.11. The van der Waals surface area contributed by atoms with Crippen LogP contribution >= 0.6 is 12.4 Å². The van der Waals surface area contributed by atoms with Crippen molar-refractivity contribution in [2.75, 3.05) is 33.2 Å². The second-order valence-corrected chi connectivity index (χ2v) is 6.90. The van der Waals surface area contributed by atoms with Gasteiger partial charge in [0.15, 0.2) is 0 Å². The predicted octanol–water partition coefficient (Wildman–Crippen LogP) is 1.89. The second-order valence-electron chi connectivity index (χ2n) is 6.90. The first kappa shape index (κ1) is 21.0. The summed E-state index contributed by atoms with van der Waals surface area (Å²) in [6.07, 6.45) is 6.88. The summed E-state index contributed by atoms with van der Waals surface area (Å²) in [5, 5.41) is 8.94. The molecule has 3 amide bonds. The highest BCUT2D eigenvalue weighted by molar-refractivity contribution is 5.91. The number of hydrogen-bond acceptors (Lipinski definition) is 3. The van der Waals surface area contributed by atoms with Crippen LogP contribution in [-0.4, -0.2) is 55.6 Å². The molecule has 7 heteroatoms. The number of amides is 3. The highest BCUT2D eigenvalue weighted by atomic mass is 35.5. The van der Waals surface area contributed by atoms with Gasteiger partial charge in [-0.05, 0) is 58.5 Å². The number of nitrogens with one attached hydrogen (secondary N) is 3. The Kier molecular flexibility index (Phi) is 8.84. The van der Waals surface area contributed by atoms with Crippen molar-refractivity contribution >= 4 is 24.3 Å². The molecule has 1 aliphatic carbocycles. The number of rotatable bonds is 6. The van der Waals surface area contributed by atoms with Crippen LogP contribution in [0.4, 0.5) is 4.79 Å². The average Bonchev–Trinajstić information content (AvgIpc) is 3.02. The van der Waals surface area contributed by atoms with Crippen LogP contribution in [0.25, 0.3) is 0 Å². The summed E-state index contributed by atoms with van der Waals surface area (Å²) >= 11 is 0. The zero-order valence-corrected chi connectivity index (χ0v) is 15.8. The van der Waals surface area contributed by atoms with Crippen LogP contribution < -0.4 is 16.0 Å². The topological polar surface area (TPSA) is 73.5 Å². The molecule has 2 aliphatic rings. The van der Waals surface area contributed by atoms with Crippen LogP contribution in [-0.2, 0) is 4.79 Å². The maximum absolute atomic E-state index is 13.1. The van der Waals surface area contributed by atoms with E-state index in [-0.39, 0.29) is 24.3 Å². The fraction of sp³-hybridized carbons (Fsp3) is 0.882. The lowest BCUT2D eigenvalue weighted by atomic mass is 9.90. The third-order valence-electron chi connectivity index (χ3n) is 5.26. The molecule has 1 saturated heterocycles. The molecule has 0 aromatic rings. The van der Waals surface area contributed by atoms with Crippen LogP contribution in [0, 0.1) is 5.92 Å². The van der Waals surface area contributed by atoms with Crippen molar-refractivity contribution in [2.24, 2.45) is 5.92 Å².